The zero-order valence-corrected chi connectivity index (χ0v) is 8.27. The van der Waals surface area contributed by atoms with Crippen molar-refractivity contribution in [2.24, 2.45) is 0 Å². The molecule has 1 heterocycles. The highest BCUT2D eigenvalue weighted by Gasteiger charge is 2.30. The minimum Gasteiger partial charge on any atom is -0.479 e. The highest BCUT2D eigenvalue weighted by molar-refractivity contribution is 5.95. The smallest absolute Gasteiger partial charge is 0.374 e. The summed E-state index contributed by atoms with van der Waals surface area (Å²) in [6.45, 7) is 3.47. The number of ether oxygens (including phenoxy) is 3. The lowest BCUT2D eigenvalue weighted by molar-refractivity contribution is -0.166. The van der Waals surface area contributed by atoms with E-state index in [4.69, 9.17) is 9.47 Å². The summed E-state index contributed by atoms with van der Waals surface area (Å²) in [4.78, 5) is 22.0. The third-order valence-corrected chi connectivity index (χ3v) is 1.92. The minimum atomic E-state index is -0.640. The first-order valence-corrected chi connectivity index (χ1v) is 4.22. The molecule has 1 aliphatic heterocycles. The van der Waals surface area contributed by atoms with Crippen LogP contribution >= 0.6 is 0 Å². The number of methoxy groups -OCH3 is 1. The zero-order chi connectivity index (χ0) is 10.7. The average Bonchev–Trinajstić information content (AvgIpc) is 2.14. The molecule has 0 spiro atoms. The number of hydrogen-bond acceptors (Lipinski definition) is 5. The van der Waals surface area contributed by atoms with Crippen LogP contribution in [0.1, 0.15) is 13.8 Å². The first-order chi connectivity index (χ1) is 6.54. The molecule has 2 atom stereocenters. The Kier molecular flexibility index (Phi) is 3.11. The molecule has 78 valence electrons. The summed E-state index contributed by atoms with van der Waals surface area (Å²) in [5.41, 5.74) is 0. The molecule has 0 N–H and O–H groups in total. The van der Waals surface area contributed by atoms with E-state index in [0.29, 0.717) is 0 Å². The van der Waals surface area contributed by atoms with E-state index in [2.05, 4.69) is 4.74 Å². The summed E-state index contributed by atoms with van der Waals surface area (Å²) >= 11 is 0. The molecule has 2 unspecified atom stereocenters. The van der Waals surface area contributed by atoms with Crippen molar-refractivity contribution in [1.29, 1.82) is 0 Å². The SMILES string of the molecule is COC(=O)/C=C1/OC(C)C(C)OC1=O. The maximum Gasteiger partial charge on any atom is 0.374 e. The van der Waals surface area contributed by atoms with Gasteiger partial charge in [-0.15, -0.1) is 0 Å². The molecular formula is C9H12O5. The number of hydrogen-bond donors (Lipinski definition) is 0. The summed E-state index contributed by atoms with van der Waals surface area (Å²) in [5, 5.41) is 0. The van der Waals surface area contributed by atoms with Crippen LogP contribution in [0.3, 0.4) is 0 Å². The van der Waals surface area contributed by atoms with Crippen LogP contribution in [0.5, 0.6) is 0 Å². The van der Waals surface area contributed by atoms with Crippen molar-refractivity contribution in [3.63, 3.8) is 0 Å². The monoisotopic (exact) mass is 200 g/mol. The van der Waals surface area contributed by atoms with E-state index in [9.17, 15) is 9.59 Å². The minimum absolute atomic E-state index is 0.109. The second kappa shape index (κ2) is 4.13. The Morgan fingerprint density at radius 1 is 1.36 bits per heavy atom. The van der Waals surface area contributed by atoms with E-state index >= 15 is 0 Å². The second-order valence-electron chi connectivity index (χ2n) is 2.97. The van der Waals surface area contributed by atoms with Gasteiger partial charge >= 0.3 is 11.9 Å². The zero-order valence-electron chi connectivity index (χ0n) is 8.27. The van der Waals surface area contributed by atoms with Gasteiger partial charge in [0.05, 0.1) is 13.2 Å². The largest absolute Gasteiger partial charge is 0.479 e. The van der Waals surface area contributed by atoms with Crippen LogP contribution in [0.2, 0.25) is 0 Å². The van der Waals surface area contributed by atoms with Gasteiger partial charge in [-0.3, -0.25) is 0 Å². The van der Waals surface area contributed by atoms with Crippen LogP contribution in [-0.4, -0.2) is 31.3 Å². The quantitative estimate of drug-likeness (QED) is 0.452. The van der Waals surface area contributed by atoms with Crippen LogP contribution in [-0.2, 0) is 23.8 Å². The number of carbonyl (C=O) groups is 2. The molecule has 0 amide bonds. The average molecular weight is 200 g/mol. The molecule has 0 aromatic heterocycles. The lowest BCUT2D eigenvalue weighted by atomic mass is 10.2. The number of carbonyl (C=O) groups excluding carboxylic acids is 2. The highest BCUT2D eigenvalue weighted by atomic mass is 16.6. The predicted octanol–water partition coefficient (Wildman–Crippen LogP) is 0.394. The van der Waals surface area contributed by atoms with Crippen LogP contribution < -0.4 is 0 Å². The summed E-state index contributed by atoms with van der Waals surface area (Å²) in [6, 6.07) is 0. The van der Waals surface area contributed by atoms with Gasteiger partial charge < -0.3 is 14.2 Å². The molecule has 0 radical (unpaired) electrons. The molecule has 5 nitrogen and oxygen atoms in total. The molecule has 1 saturated heterocycles. The number of rotatable bonds is 1. The van der Waals surface area contributed by atoms with Gasteiger partial charge in [-0.1, -0.05) is 0 Å². The molecule has 5 heteroatoms. The van der Waals surface area contributed by atoms with Crippen LogP contribution in [0.15, 0.2) is 11.8 Å². The van der Waals surface area contributed by atoms with E-state index in [0.717, 1.165) is 6.08 Å². The van der Waals surface area contributed by atoms with Crippen molar-refractivity contribution in [3.8, 4) is 0 Å². The maximum atomic E-state index is 11.2. The van der Waals surface area contributed by atoms with Crippen molar-refractivity contribution in [1.82, 2.24) is 0 Å². The Labute approximate surface area is 81.6 Å². The molecule has 1 aliphatic rings. The fourth-order valence-electron chi connectivity index (χ4n) is 0.926. The van der Waals surface area contributed by atoms with Gasteiger partial charge in [-0.2, -0.15) is 0 Å². The molecule has 0 aliphatic carbocycles. The van der Waals surface area contributed by atoms with E-state index in [1.54, 1.807) is 13.8 Å². The third-order valence-electron chi connectivity index (χ3n) is 1.92. The van der Waals surface area contributed by atoms with Crippen molar-refractivity contribution >= 4 is 11.9 Å². The number of cyclic esters (lactones) is 1. The van der Waals surface area contributed by atoms with E-state index in [-0.39, 0.29) is 18.0 Å². The van der Waals surface area contributed by atoms with Crippen LogP contribution in [0, 0.1) is 0 Å². The molecule has 0 aromatic rings. The van der Waals surface area contributed by atoms with Gasteiger partial charge in [-0.05, 0) is 13.8 Å². The summed E-state index contributed by atoms with van der Waals surface area (Å²) < 4.78 is 14.4. The summed E-state index contributed by atoms with van der Waals surface area (Å²) in [6.07, 6.45) is 0.408. The van der Waals surface area contributed by atoms with E-state index in [1.165, 1.54) is 7.11 Å². The topological polar surface area (TPSA) is 61.8 Å². The Balaban J connectivity index is 2.75. The van der Waals surface area contributed by atoms with Gasteiger partial charge in [-0.25, -0.2) is 9.59 Å². The Morgan fingerprint density at radius 3 is 2.50 bits per heavy atom. The predicted molar refractivity (Wildman–Crippen MR) is 46.2 cm³/mol. The van der Waals surface area contributed by atoms with Crippen LogP contribution in [0.25, 0.3) is 0 Å². The van der Waals surface area contributed by atoms with E-state index < -0.39 is 11.9 Å². The first kappa shape index (κ1) is 10.6. The number of esters is 2. The second-order valence-corrected chi connectivity index (χ2v) is 2.97. The van der Waals surface area contributed by atoms with E-state index in [1.807, 2.05) is 0 Å². The van der Waals surface area contributed by atoms with Gasteiger partial charge in [0.25, 0.3) is 0 Å². The Bertz CT molecular complexity index is 281. The van der Waals surface area contributed by atoms with Gasteiger partial charge in [0.15, 0.2) is 0 Å². The normalized spacial score (nSPS) is 29.4. The van der Waals surface area contributed by atoms with Crippen molar-refractivity contribution < 1.29 is 23.8 Å². The van der Waals surface area contributed by atoms with Gasteiger partial charge in [0.2, 0.25) is 5.76 Å². The molecule has 14 heavy (non-hydrogen) atoms. The standard InChI is InChI=1S/C9H12O5/c1-5-6(2)14-9(11)7(13-5)4-8(10)12-3/h4-6H,1-3H3/b7-4+. The summed E-state index contributed by atoms with van der Waals surface area (Å²) in [7, 11) is 1.22. The van der Waals surface area contributed by atoms with Gasteiger partial charge in [0.1, 0.15) is 12.2 Å². The molecule has 0 aromatic carbocycles. The van der Waals surface area contributed by atoms with Gasteiger partial charge in [0, 0.05) is 0 Å². The lowest BCUT2D eigenvalue weighted by Gasteiger charge is -2.27. The molecule has 0 saturated carbocycles. The fourth-order valence-corrected chi connectivity index (χ4v) is 0.926. The molecule has 1 rings (SSSR count). The fraction of sp³-hybridized carbons (Fsp3) is 0.556. The molecule has 1 fully saturated rings. The van der Waals surface area contributed by atoms with Crippen LogP contribution in [0.4, 0.5) is 0 Å². The molecular weight excluding hydrogens is 188 g/mol. The third kappa shape index (κ3) is 2.25. The summed E-state index contributed by atoms with van der Waals surface area (Å²) in [5.74, 6) is -1.39. The lowest BCUT2D eigenvalue weighted by Crippen LogP contribution is -2.36. The van der Waals surface area contributed by atoms with Crippen molar-refractivity contribution in [2.45, 2.75) is 26.1 Å². The highest BCUT2D eigenvalue weighted by Crippen LogP contribution is 2.17. The Morgan fingerprint density at radius 2 is 1.93 bits per heavy atom. The first-order valence-electron chi connectivity index (χ1n) is 4.22. The van der Waals surface area contributed by atoms with Crippen molar-refractivity contribution in [3.05, 3.63) is 11.8 Å². The maximum absolute atomic E-state index is 11.2. The Hall–Kier alpha value is -1.52. The molecule has 0 bridgehead atoms. The van der Waals surface area contributed by atoms with Crippen molar-refractivity contribution in [2.75, 3.05) is 7.11 Å².